The molecule has 2 aromatic rings. The normalized spacial score (nSPS) is 15.5. The second-order valence-corrected chi connectivity index (χ2v) is 7.48. The number of hydrogen-bond acceptors (Lipinski definition) is 3. The van der Waals surface area contributed by atoms with E-state index in [4.69, 9.17) is 0 Å². The average Bonchev–Trinajstić information content (AvgIpc) is 3.01. The van der Waals surface area contributed by atoms with Crippen molar-refractivity contribution in [1.82, 2.24) is 25.1 Å². The molecule has 0 spiro atoms. The molecule has 1 aliphatic rings. The predicted octanol–water partition coefficient (Wildman–Crippen LogP) is 1.76. The first-order valence-electron chi connectivity index (χ1n) is 8.59. The minimum atomic E-state index is -0.255. The van der Waals surface area contributed by atoms with Crippen LogP contribution in [-0.2, 0) is 11.2 Å². The second-order valence-electron chi connectivity index (χ2n) is 7.48. The highest BCUT2D eigenvalue weighted by molar-refractivity contribution is 5.82. The summed E-state index contributed by atoms with van der Waals surface area (Å²) in [5.74, 6) is 0.0924. The van der Waals surface area contributed by atoms with Crippen molar-refractivity contribution in [1.29, 1.82) is 0 Å². The monoisotopic (exact) mass is 343 g/mol. The van der Waals surface area contributed by atoms with Crippen LogP contribution >= 0.6 is 0 Å². The van der Waals surface area contributed by atoms with Crippen LogP contribution < -0.4 is 5.32 Å². The van der Waals surface area contributed by atoms with Crippen molar-refractivity contribution in [2.75, 3.05) is 26.2 Å². The zero-order valence-electron chi connectivity index (χ0n) is 15.0. The van der Waals surface area contributed by atoms with Crippen LogP contribution in [0, 0.1) is 0 Å². The van der Waals surface area contributed by atoms with Crippen molar-refractivity contribution < 1.29 is 9.59 Å². The number of carbonyl (C=O) groups excluding carboxylic acids is 2. The minimum Gasteiger partial charge on any atom is -0.345 e. The molecule has 3 rings (SSSR count). The lowest BCUT2D eigenvalue weighted by molar-refractivity contribution is -0.131. The van der Waals surface area contributed by atoms with Crippen molar-refractivity contribution in [3.8, 4) is 0 Å². The third-order valence-electron chi connectivity index (χ3n) is 4.24. The van der Waals surface area contributed by atoms with Gasteiger partial charge >= 0.3 is 6.03 Å². The summed E-state index contributed by atoms with van der Waals surface area (Å²) < 4.78 is 0. The number of rotatable bonds is 2. The number of aromatic amines is 1. The van der Waals surface area contributed by atoms with E-state index >= 15 is 0 Å². The van der Waals surface area contributed by atoms with Gasteiger partial charge in [0.25, 0.3) is 0 Å². The van der Waals surface area contributed by atoms with E-state index in [2.05, 4.69) is 15.3 Å². The van der Waals surface area contributed by atoms with Gasteiger partial charge in [-0.05, 0) is 38.5 Å². The topological polar surface area (TPSA) is 81.3 Å². The Hall–Kier alpha value is -2.57. The van der Waals surface area contributed by atoms with E-state index in [1.54, 1.807) is 11.2 Å². The molecular formula is C18H25N5O2. The molecule has 134 valence electrons. The number of hydrogen-bond donors (Lipinski definition) is 2. The van der Waals surface area contributed by atoms with Gasteiger partial charge in [-0.2, -0.15) is 0 Å². The van der Waals surface area contributed by atoms with E-state index in [1.165, 1.54) is 0 Å². The summed E-state index contributed by atoms with van der Waals surface area (Å²) >= 11 is 0. The number of carbonyl (C=O) groups is 2. The van der Waals surface area contributed by atoms with E-state index in [0.717, 1.165) is 16.6 Å². The summed E-state index contributed by atoms with van der Waals surface area (Å²) in [6.07, 6.45) is 2.02. The van der Waals surface area contributed by atoms with Crippen LogP contribution in [0.4, 0.5) is 4.79 Å². The van der Waals surface area contributed by atoms with E-state index in [0.29, 0.717) is 32.6 Å². The first-order valence-corrected chi connectivity index (χ1v) is 8.59. The van der Waals surface area contributed by atoms with Gasteiger partial charge in [0.2, 0.25) is 5.91 Å². The molecule has 0 saturated carbocycles. The highest BCUT2D eigenvalue weighted by atomic mass is 16.2. The Labute approximate surface area is 147 Å². The quantitative estimate of drug-likeness (QED) is 0.872. The Morgan fingerprint density at radius 1 is 1.16 bits per heavy atom. The van der Waals surface area contributed by atoms with Crippen molar-refractivity contribution in [3.05, 3.63) is 30.1 Å². The molecule has 3 amide bonds. The van der Waals surface area contributed by atoms with Gasteiger partial charge in [0.15, 0.2) is 0 Å². The second kappa shape index (κ2) is 6.74. The fourth-order valence-electron chi connectivity index (χ4n) is 2.94. The molecule has 0 bridgehead atoms. The zero-order valence-corrected chi connectivity index (χ0v) is 15.0. The van der Waals surface area contributed by atoms with Crippen LogP contribution in [0.1, 0.15) is 26.3 Å². The molecule has 0 radical (unpaired) electrons. The number of aromatic nitrogens is 2. The van der Waals surface area contributed by atoms with Crippen LogP contribution in [0.25, 0.3) is 11.0 Å². The Morgan fingerprint density at radius 3 is 2.52 bits per heavy atom. The largest absolute Gasteiger partial charge is 0.345 e. The van der Waals surface area contributed by atoms with Gasteiger partial charge in [-0.3, -0.25) is 4.79 Å². The van der Waals surface area contributed by atoms with Crippen LogP contribution in [-0.4, -0.2) is 63.4 Å². The molecule has 1 aliphatic heterocycles. The smallest absolute Gasteiger partial charge is 0.317 e. The molecule has 2 heterocycles. The van der Waals surface area contributed by atoms with Crippen LogP contribution in [0.2, 0.25) is 0 Å². The Bertz CT molecular complexity index is 769. The number of amides is 3. The summed E-state index contributed by atoms with van der Waals surface area (Å²) in [5.41, 5.74) is 2.55. The molecule has 1 saturated heterocycles. The number of H-pyrrole nitrogens is 1. The third kappa shape index (κ3) is 4.29. The van der Waals surface area contributed by atoms with E-state index < -0.39 is 0 Å². The van der Waals surface area contributed by atoms with Gasteiger partial charge < -0.3 is 20.1 Å². The van der Waals surface area contributed by atoms with Crippen LogP contribution in [0.3, 0.4) is 0 Å². The fraction of sp³-hybridized carbons (Fsp3) is 0.500. The molecule has 2 N–H and O–H groups in total. The molecule has 1 aromatic carbocycles. The lowest BCUT2D eigenvalue weighted by Gasteiger charge is -2.36. The maximum absolute atomic E-state index is 12.5. The standard InChI is InChI=1S/C18H25N5O2/c1-18(2,3)21-17(25)23-8-6-22(7-9-23)16(24)11-13-4-5-14-15(10-13)20-12-19-14/h4-5,10,12H,6-9,11H2,1-3H3,(H,19,20)(H,21,25). The molecule has 7 nitrogen and oxygen atoms in total. The number of urea groups is 1. The summed E-state index contributed by atoms with van der Waals surface area (Å²) in [4.78, 5) is 35.6. The highest BCUT2D eigenvalue weighted by Gasteiger charge is 2.26. The molecule has 1 fully saturated rings. The maximum Gasteiger partial charge on any atom is 0.317 e. The van der Waals surface area contributed by atoms with E-state index in [-0.39, 0.29) is 17.5 Å². The molecular weight excluding hydrogens is 318 g/mol. The number of piperazine rings is 1. The number of fused-ring (bicyclic) bond motifs is 1. The predicted molar refractivity (Wildman–Crippen MR) is 96.2 cm³/mol. The van der Waals surface area contributed by atoms with Gasteiger partial charge in [0.05, 0.1) is 23.8 Å². The van der Waals surface area contributed by atoms with Gasteiger partial charge in [-0.1, -0.05) is 6.07 Å². The van der Waals surface area contributed by atoms with Crippen molar-refractivity contribution in [2.45, 2.75) is 32.7 Å². The molecule has 0 atom stereocenters. The molecule has 0 unspecified atom stereocenters. The lowest BCUT2D eigenvalue weighted by atomic mass is 10.1. The van der Waals surface area contributed by atoms with E-state index in [9.17, 15) is 9.59 Å². The molecule has 1 aromatic heterocycles. The summed E-state index contributed by atoms with van der Waals surface area (Å²) in [7, 11) is 0. The lowest BCUT2D eigenvalue weighted by Crippen LogP contribution is -2.56. The fourth-order valence-corrected chi connectivity index (χ4v) is 2.94. The first-order chi connectivity index (χ1) is 11.8. The van der Waals surface area contributed by atoms with Crippen LogP contribution in [0.15, 0.2) is 24.5 Å². The van der Waals surface area contributed by atoms with E-state index in [1.807, 2.05) is 43.9 Å². The summed E-state index contributed by atoms with van der Waals surface area (Å²) in [5, 5.41) is 2.96. The van der Waals surface area contributed by atoms with Gasteiger partial charge in [-0.25, -0.2) is 9.78 Å². The molecule has 25 heavy (non-hydrogen) atoms. The zero-order chi connectivity index (χ0) is 18.0. The molecule has 0 aliphatic carbocycles. The maximum atomic E-state index is 12.5. The van der Waals surface area contributed by atoms with Gasteiger partial charge in [0.1, 0.15) is 0 Å². The highest BCUT2D eigenvalue weighted by Crippen LogP contribution is 2.14. The minimum absolute atomic E-state index is 0.0655. The first kappa shape index (κ1) is 17.3. The van der Waals surface area contributed by atoms with Crippen molar-refractivity contribution in [3.63, 3.8) is 0 Å². The number of benzene rings is 1. The third-order valence-corrected chi connectivity index (χ3v) is 4.24. The Kier molecular flexibility index (Phi) is 4.65. The van der Waals surface area contributed by atoms with Crippen molar-refractivity contribution >= 4 is 23.0 Å². The summed E-state index contributed by atoms with van der Waals surface area (Å²) in [6, 6.07) is 5.76. The Morgan fingerprint density at radius 2 is 1.84 bits per heavy atom. The number of nitrogens with zero attached hydrogens (tertiary/aromatic N) is 3. The van der Waals surface area contributed by atoms with Crippen molar-refractivity contribution in [2.24, 2.45) is 0 Å². The molecule has 7 heteroatoms. The SMILES string of the molecule is CC(C)(C)NC(=O)N1CCN(C(=O)Cc2ccc3nc[nH]c3c2)CC1. The van der Waals surface area contributed by atoms with Gasteiger partial charge in [0, 0.05) is 31.7 Å². The average molecular weight is 343 g/mol. The number of imidazole rings is 1. The Balaban J connectivity index is 1.53. The van der Waals surface area contributed by atoms with Crippen LogP contribution in [0.5, 0.6) is 0 Å². The number of nitrogens with one attached hydrogen (secondary N) is 2. The van der Waals surface area contributed by atoms with Gasteiger partial charge in [-0.15, -0.1) is 0 Å². The summed E-state index contributed by atoms with van der Waals surface area (Å²) in [6.45, 7) is 8.15.